The van der Waals surface area contributed by atoms with E-state index in [0.29, 0.717) is 5.56 Å². The molecule has 0 radical (unpaired) electrons. The third-order valence-electron chi connectivity index (χ3n) is 5.05. The van der Waals surface area contributed by atoms with Gasteiger partial charge in [0, 0.05) is 27.9 Å². The highest BCUT2D eigenvalue weighted by Crippen LogP contribution is 2.32. The van der Waals surface area contributed by atoms with Gasteiger partial charge in [-0.3, -0.25) is 9.52 Å². The first-order valence-electron chi connectivity index (χ1n) is 9.77. The fraction of sp³-hybridized carbons (Fsp3) is 0.174. The second kappa shape index (κ2) is 8.69. The molecule has 3 aromatic carbocycles. The van der Waals surface area contributed by atoms with Gasteiger partial charge in [0.25, 0.3) is 15.9 Å². The van der Waals surface area contributed by atoms with Gasteiger partial charge in [-0.15, -0.1) is 0 Å². The zero-order chi connectivity index (χ0) is 22.0. The van der Waals surface area contributed by atoms with Gasteiger partial charge >= 0.3 is 0 Å². The van der Waals surface area contributed by atoms with E-state index in [-0.39, 0.29) is 39.7 Å². The highest BCUT2D eigenvalue weighted by molar-refractivity contribution is 7.92. The number of hydrogen-bond donors (Lipinski definition) is 1. The van der Waals surface area contributed by atoms with Gasteiger partial charge in [0.15, 0.2) is 0 Å². The topological polar surface area (TPSA) is 66.5 Å². The molecule has 1 aliphatic carbocycles. The van der Waals surface area contributed by atoms with Gasteiger partial charge in [0.2, 0.25) is 0 Å². The van der Waals surface area contributed by atoms with E-state index in [4.69, 9.17) is 11.6 Å². The van der Waals surface area contributed by atoms with Crippen LogP contribution in [0.3, 0.4) is 0 Å². The van der Waals surface area contributed by atoms with Crippen LogP contribution in [-0.4, -0.2) is 25.3 Å². The molecule has 0 heterocycles. The first-order valence-corrected chi connectivity index (χ1v) is 11.6. The Morgan fingerprint density at radius 3 is 2.42 bits per heavy atom. The lowest BCUT2D eigenvalue weighted by molar-refractivity contribution is 0.0728. The third kappa shape index (κ3) is 4.89. The minimum absolute atomic E-state index is 0.00726. The number of amides is 1. The fourth-order valence-corrected chi connectivity index (χ4v) is 4.60. The van der Waals surface area contributed by atoms with Crippen molar-refractivity contribution < 1.29 is 17.6 Å². The summed E-state index contributed by atoms with van der Waals surface area (Å²) in [5.41, 5.74) is 0.854. The Morgan fingerprint density at radius 2 is 1.74 bits per heavy atom. The van der Waals surface area contributed by atoms with Crippen LogP contribution in [0.2, 0.25) is 5.02 Å². The maximum Gasteiger partial charge on any atom is 0.261 e. The predicted molar refractivity (Wildman–Crippen MR) is 118 cm³/mol. The van der Waals surface area contributed by atoms with E-state index in [9.17, 15) is 17.6 Å². The van der Waals surface area contributed by atoms with Gasteiger partial charge in [-0.25, -0.2) is 12.8 Å². The lowest BCUT2D eigenvalue weighted by Gasteiger charge is -2.24. The van der Waals surface area contributed by atoms with Gasteiger partial charge in [-0.05, 0) is 55.3 Å². The third-order valence-corrected chi connectivity index (χ3v) is 6.81. The van der Waals surface area contributed by atoms with Crippen LogP contribution in [-0.2, 0) is 16.6 Å². The molecule has 160 valence electrons. The molecule has 0 aliphatic heterocycles. The van der Waals surface area contributed by atoms with Crippen LogP contribution in [0.5, 0.6) is 0 Å². The molecule has 0 spiro atoms. The number of hydrogen-bond acceptors (Lipinski definition) is 3. The maximum atomic E-state index is 14.3. The standard InChI is InChI=1S/C23H20ClFN2O3S/c24-21-10-5-11-22(25)20(21)15-27(18-12-13-18)23(28)16-6-4-7-17(14-16)26-31(29,30)19-8-2-1-3-9-19/h1-11,14,18,26H,12-13,15H2. The molecule has 0 aromatic heterocycles. The van der Waals surface area contributed by atoms with E-state index in [0.717, 1.165) is 12.8 Å². The Kier molecular flexibility index (Phi) is 5.98. The van der Waals surface area contributed by atoms with Gasteiger partial charge < -0.3 is 4.90 Å². The lowest BCUT2D eigenvalue weighted by atomic mass is 10.1. The Balaban J connectivity index is 1.58. The molecule has 0 unspecified atom stereocenters. The predicted octanol–water partition coefficient (Wildman–Crippen LogP) is 5.08. The SMILES string of the molecule is O=C(c1cccc(NS(=O)(=O)c2ccccc2)c1)N(Cc1c(F)cccc1Cl)C1CC1. The van der Waals surface area contributed by atoms with E-state index >= 15 is 0 Å². The van der Waals surface area contributed by atoms with Crippen LogP contribution < -0.4 is 4.72 Å². The first-order chi connectivity index (χ1) is 14.8. The molecule has 1 aliphatic rings. The number of nitrogens with zero attached hydrogens (tertiary/aromatic N) is 1. The van der Waals surface area contributed by atoms with Crippen LogP contribution in [0.4, 0.5) is 10.1 Å². The Bertz CT molecular complexity index is 1190. The van der Waals surface area contributed by atoms with Crippen molar-refractivity contribution in [1.82, 2.24) is 4.90 Å². The van der Waals surface area contributed by atoms with Crippen LogP contribution in [0.1, 0.15) is 28.8 Å². The van der Waals surface area contributed by atoms with Crippen molar-refractivity contribution in [2.75, 3.05) is 4.72 Å². The number of sulfonamides is 1. The summed E-state index contributed by atoms with van der Waals surface area (Å²) in [7, 11) is -3.78. The second-order valence-corrected chi connectivity index (χ2v) is 9.45. The zero-order valence-electron chi connectivity index (χ0n) is 16.5. The monoisotopic (exact) mass is 458 g/mol. The fourth-order valence-electron chi connectivity index (χ4n) is 3.30. The Hall–Kier alpha value is -2.90. The van der Waals surface area contributed by atoms with Crippen LogP contribution in [0, 0.1) is 5.82 Å². The molecule has 31 heavy (non-hydrogen) atoms. The summed E-state index contributed by atoms with van der Waals surface area (Å²) in [6.07, 6.45) is 1.66. The molecule has 1 amide bonds. The van der Waals surface area contributed by atoms with E-state index < -0.39 is 15.8 Å². The van der Waals surface area contributed by atoms with Gasteiger partial charge in [-0.2, -0.15) is 0 Å². The molecule has 3 aromatic rings. The number of carbonyl (C=O) groups is 1. The molecular formula is C23H20ClFN2O3S. The van der Waals surface area contributed by atoms with Crippen LogP contribution in [0.25, 0.3) is 0 Å². The van der Waals surface area contributed by atoms with Crippen molar-refractivity contribution in [2.45, 2.75) is 30.3 Å². The second-order valence-electron chi connectivity index (χ2n) is 7.36. The van der Waals surface area contributed by atoms with Crippen molar-refractivity contribution in [3.63, 3.8) is 0 Å². The molecule has 0 bridgehead atoms. The average molecular weight is 459 g/mol. The largest absolute Gasteiger partial charge is 0.331 e. The molecule has 1 fully saturated rings. The molecule has 8 heteroatoms. The minimum Gasteiger partial charge on any atom is -0.331 e. The number of halogens is 2. The van der Waals surface area contributed by atoms with E-state index in [1.54, 1.807) is 47.4 Å². The number of rotatable bonds is 7. The summed E-state index contributed by atoms with van der Waals surface area (Å²) in [6, 6.07) is 18.7. The summed E-state index contributed by atoms with van der Waals surface area (Å²) in [4.78, 5) is 14.9. The van der Waals surface area contributed by atoms with Crippen molar-refractivity contribution in [3.05, 3.63) is 94.8 Å². The summed E-state index contributed by atoms with van der Waals surface area (Å²) in [5, 5.41) is 0.267. The van der Waals surface area contributed by atoms with Crippen molar-refractivity contribution in [2.24, 2.45) is 0 Å². The van der Waals surface area contributed by atoms with Gasteiger partial charge in [-0.1, -0.05) is 41.9 Å². The van der Waals surface area contributed by atoms with Crippen LogP contribution in [0.15, 0.2) is 77.7 Å². The molecule has 0 atom stereocenters. The van der Waals surface area contributed by atoms with E-state index in [2.05, 4.69) is 4.72 Å². The lowest BCUT2D eigenvalue weighted by Crippen LogP contribution is -2.33. The van der Waals surface area contributed by atoms with E-state index in [1.165, 1.54) is 30.3 Å². The molecule has 1 saturated carbocycles. The summed E-state index contributed by atoms with van der Waals surface area (Å²) in [6.45, 7) is 0.0506. The highest BCUT2D eigenvalue weighted by Gasteiger charge is 2.34. The average Bonchev–Trinajstić information content (AvgIpc) is 3.59. The Morgan fingerprint density at radius 1 is 1.03 bits per heavy atom. The molecular weight excluding hydrogens is 439 g/mol. The van der Waals surface area contributed by atoms with Gasteiger partial charge in [0.05, 0.1) is 11.4 Å². The molecule has 0 saturated heterocycles. The molecule has 5 nitrogen and oxygen atoms in total. The number of anilines is 1. The van der Waals surface area contributed by atoms with Crippen LogP contribution >= 0.6 is 11.6 Å². The Labute approximate surface area is 185 Å². The van der Waals surface area contributed by atoms with Crippen molar-refractivity contribution in [1.29, 1.82) is 0 Å². The molecule has 1 N–H and O–H groups in total. The van der Waals surface area contributed by atoms with Crippen molar-refractivity contribution >= 4 is 33.2 Å². The number of nitrogens with one attached hydrogen (secondary N) is 1. The normalized spacial score (nSPS) is 13.6. The van der Waals surface area contributed by atoms with Gasteiger partial charge in [0.1, 0.15) is 5.82 Å². The summed E-state index contributed by atoms with van der Waals surface area (Å²) in [5.74, 6) is -0.766. The summed E-state index contributed by atoms with van der Waals surface area (Å²) >= 11 is 6.15. The molecule has 4 rings (SSSR count). The first kappa shape index (κ1) is 21.3. The summed E-state index contributed by atoms with van der Waals surface area (Å²) < 4.78 is 42.0. The quantitative estimate of drug-likeness (QED) is 0.536. The highest BCUT2D eigenvalue weighted by atomic mass is 35.5. The number of benzene rings is 3. The van der Waals surface area contributed by atoms with Crippen molar-refractivity contribution in [3.8, 4) is 0 Å². The zero-order valence-corrected chi connectivity index (χ0v) is 18.0. The maximum absolute atomic E-state index is 14.3. The minimum atomic E-state index is -3.78. The number of carbonyl (C=O) groups excluding carboxylic acids is 1. The van der Waals surface area contributed by atoms with E-state index in [1.807, 2.05) is 0 Å². The smallest absolute Gasteiger partial charge is 0.261 e.